The van der Waals surface area contributed by atoms with Crippen LogP contribution in [0.15, 0.2) is 69.2 Å². The molecule has 1 atom stereocenters. The number of rotatable bonds is 3. The first-order chi connectivity index (χ1) is 11.8. The number of alkyl halides is 3. The number of carbonyl (C=O) groups excluding carboxylic acids is 1. The van der Waals surface area contributed by atoms with Crippen LogP contribution in [0.3, 0.4) is 0 Å². The maximum atomic E-state index is 13.0. The SMILES string of the molecule is CC12CC(C(F)(F)F)=CC=C1C=CC(/C=C/C(=O)C1=CC=NCC1)=N2. The van der Waals surface area contributed by atoms with Crippen molar-refractivity contribution in [3.63, 3.8) is 0 Å². The standard InChI is InChI=1S/C19H17F3N2O/c1-18-12-15(19(20,21)22)3-2-14(18)4-5-16(24-18)6-7-17(25)13-8-10-23-11-9-13/h2-8,10H,9,11-12H2,1H3/b7-6+. The van der Waals surface area contributed by atoms with Gasteiger partial charge in [0.25, 0.3) is 0 Å². The predicted molar refractivity (Wildman–Crippen MR) is 92.0 cm³/mol. The number of hydrogen-bond donors (Lipinski definition) is 0. The van der Waals surface area contributed by atoms with Gasteiger partial charge < -0.3 is 0 Å². The van der Waals surface area contributed by atoms with Gasteiger partial charge in [-0.2, -0.15) is 13.2 Å². The Morgan fingerprint density at radius 1 is 1.24 bits per heavy atom. The lowest BCUT2D eigenvalue weighted by Gasteiger charge is -2.34. The van der Waals surface area contributed by atoms with E-state index in [0.717, 1.165) is 11.6 Å². The van der Waals surface area contributed by atoms with Gasteiger partial charge in [-0.25, -0.2) is 0 Å². The van der Waals surface area contributed by atoms with Crippen LogP contribution >= 0.6 is 0 Å². The molecule has 0 aromatic carbocycles. The lowest BCUT2D eigenvalue weighted by Crippen LogP contribution is -2.33. The minimum absolute atomic E-state index is 0.131. The molecule has 2 aliphatic heterocycles. The molecule has 0 spiro atoms. The Balaban J connectivity index is 1.79. The molecule has 3 aliphatic rings. The second-order valence-corrected chi connectivity index (χ2v) is 6.33. The average molecular weight is 346 g/mol. The zero-order valence-corrected chi connectivity index (χ0v) is 13.7. The Bertz CT molecular complexity index is 807. The second-order valence-electron chi connectivity index (χ2n) is 6.33. The fourth-order valence-corrected chi connectivity index (χ4v) is 2.98. The van der Waals surface area contributed by atoms with Gasteiger partial charge in [0.1, 0.15) is 0 Å². The number of ketones is 1. The number of dihydropyridines is 2. The maximum Gasteiger partial charge on any atom is 0.412 e. The summed E-state index contributed by atoms with van der Waals surface area (Å²) in [5.41, 5.74) is 0.326. The average Bonchev–Trinajstić information content (AvgIpc) is 2.58. The largest absolute Gasteiger partial charge is 0.412 e. The van der Waals surface area contributed by atoms with Gasteiger partial charge in [-0.1, -0.05) is 18.2 Å². The van der Waals surface area contributed by atoms with Crippen molar-refractivity contribution in [2.45, 2.75) is 31.5 Å². The summed E-state index contributed by atoms with van der Waals surface area (Å²) in [6.07, 6.45) is 8.31. The number of hydrogen-bond acceptors (Lipinski definition) is 3. The summed E-state index contributed by atoms with van der Waals surface area (Å²) in [4.78, 5) is 20.6. The van der Waals surface area contributed by atoms with Gasteiger partial charge in [-0.15, -0.1) is 0 Å². The first-order valence-electron chi connectivity index (χ1n) is 7.96. The van der Waals surface area contributed by atoms with E-state index in [0.29, 0.717) is 24.3 Å². The monoisotopic (exact) mass is 346 g/mol. The number of allylic oxidation sites excluding steroid dienone is 6. The molecule has 0 fully saturated rings. The molecule has 0 aromatic heterocycles. The van der Waals surface area contributed by atoms with Crippen molar-refractivity contribution in [2.75, 3.05) is 6.54 Å². The van der Waals surface area contributed by atoms with E-state index < -0.39 is 17.3 Å². The summed E-state index contributed by atoms with van der Waals surface area (Å²) < 4.78 is 39.0. The Kier molecular flexibility index (Phi) is 4.45. The molecule has 0 aromatic rings. The summed E-state index contributed by atoms with van der Waals surface area (Å²) in [6.45, 7) is 2.27. The van der Waals surface area contributed by atoms with E-state index in [2.05, 4.69) is 9.98 Å². The van der Waals surface area contributed by atoms with Crippen LogP contribution < -0.4 is 0 Å². The third kappa shape index (κ3) is 3.78. The van der Waals surface area contributed by atoms with Gasteiger partial charge in [0, 0.05) is 30.3 Å². The van der Waals surface area contributed by atoms with E-state index in [1.165, 1.54) is 12.2 Å². The van der Waals surface area contributed by atoms with Crippen molar-refractivity contribution in [1.29, 1.82) is 0 Å². The second kappa shape index (κ2) is 6.43. The zero-order valence-electron chi connectivity index (χ0n) is 13.7. The third-order valence-corrected chi connectivity index (χ3v) is 4.41. The van der Waals surface area contributed by atoms with Crippen molar-refractivity contribution in [3.8, 4) is 0 Å². The van der Waals surface area contributed by atoms with E-state index in [9.17, 15) is 18.0 Å². The summed E-state index contributed by atoms with van der Waals surface area (Å²) in [5.74, 6) is -0.131. The number of aliphatic imine (C=N–C) groups is 2. The minimum atomic E-state index is -4.36. The van der Waals surface area contributed by atoms with Gasteiger partial charge in [0.05, 0.1) is 11.3 Å². The maximum absolute atomic E-state index is 13.0. The molecule has 0 amide bonds. The molecular weight excluding hydrogens is 329 g/mol. The molecule has 3 nitrogen and oxygen atoms in total. The molecule has 3 rings (SSSR count). The van der Waals surface area contributed by atoms with Gasteiger partial charge in [-0.05, 0) is 43.2 Å². The van der Waals surface area contributed by atoms with Crippen LogP contribution in [0, 0.1) is 0 Å². The van der Waals surface area contributed by atoms with Crippen LogP contribution in [-0.2, 0) is 4.79 Å². The number of halogens is 3. The van der Waals surface area contributed by atoms with E-state index in [1.54, 1.807) is 37.4 Å². The number of fused-ring (bicyclic) bond motifs is 1. The molecule has 2 heterocycles. The highest BCUT2D eigenvalue weighted by Crippen LogP contribution is 2.41. The fraction of sp³-hybridized carbons (Fsp3) is 0.316. The van der Waals surface area contributed by atoms with E-state index in [-0.39, 0.29) is 12.2 Å². The Morgan fingerprint density at radius 2 is 2.04 bits per heavy atom. The molecule has 6 heteroatoms. The molecule has 1 unspecified atom stereocenters. The first-order valence-corrected chi connectivity index (χ1v) is 7.96. The van der Waals surface area contributed by atoms with Crippen molar-refractivity contribution in [3.05, 3.63) is 59.3 Å². The molecular formula is C19H17F3N2O. The van der Waals surface area contributed by atoms with Crippen LogP contribution in [0.2, 0.25) is 0 Å². The van der Waals surface area contributed by atoms with Gasteiger partial charge in [0.15, 0.2) is 5.78 Å². The van der Waals surface area contributed by atoms with Gasteiger partial charge in [-0.3, -0.25) is 14.8 Å². The summed E-state index contributed by atoms with van der Waals surface area (Å²) in [7, 11) is 0. The van der Waals surface area contributed by atoms with Gasteiger partial charge in [0.2, 0.25) is 0 Å². The highest BCUT2D eigenvalue weighted by molar-refractivity contribution is 6.13. The summed E-state index contributed by atoms with van der Waals surface area (Å²) in [5, 5.41) is 0. The van der Waals surface area contributed by atoms with Crippen molar-refractivity contribution < 1.29 is 18.0 Å². The Hall–Kier alpha value is -2.50. The third-order valence-electron chi connectivity index (χ3n) is 4.41. The van der Waals surface area contributed by atoms with Crippen LogP contribution in [0.5, 0.6) is 0 Å². The van der Waals surface area contributed by atoms with Crippen molar-refractivity contribution in [1.82, 2.24) is 0 Å². The Labute approximate surface area is 143 Å². The van der Waals surface area contributed by atoms with Crippen LogP contribution in [0.4, 0.5) is 13.2 Å². The van der Waals surface area contributed by atoms with E-state index >= 15 is 0 Å². The molecule has 0 N–H and O–H groups in total. The lowest BCUT2D eigenvalue weighted by molar-refractivity contribution is -0.111. The quantitative estimate of drug-likeness (QED) is 0.710. The summed E-state index contributed by atoms with van der Waals surface area (Å²) >= 11 is 0. The minimum Gasteiger partial charge on any atom is -0.293 e. The number of carbonyl (C=O) groups is 1. The molecule has 0 bridgehead atoms. The van der Waals surface area contributed by atoms with Crippen LogP contribution in [-0.4, -0.2) is 36.0 Å². The molecule has 0 radical (unpaired) electrons. The topological polar surface area (TPSA) is 41.8 Å². The number of nitrogens with zero attached hydrogens (tertiary/aromatic N) is 2. The highest BCUT2D eigenvalue weighted by atomic mass is 19.4. The molecule has 25 heavy (non-hydrogen) atoms. The van der Waals surface area contributed by atoms with Crippen LogP contribution in [0.25, 0.3) is 0 Å². The van der Waals surface area contributed by atoms with E-state index in [1.807, 2.05) is 0 Å². The van der Waals surface area contributed by atoms with E-state index in [4.69, 9.17) is 0 Å². The van der Waals surface area contributed by atoms with Crippen molar-refractivity contribution in [2.24, 2.45) is 9.98 Å². The molecule has 0 saturated carbocycles. The molecule has 0 saturated heterocycles. The fourth-order valence-electron chi connectivity index (χ4n) is 2.98. The predicted octanol–water partition coefficient (Wildman–Crippen LogP) is 4.10. The van der Waals surface area contributed by atoms with Gasteiger partial charge >= 0.3 is 6.18 Å². The lowest BCUT2D eigenvalue weighted by atomic mass is 9.79. The molecule has 130 valence electrons. The zero-order chi connectivity index (χ0) is 18.1. The van der Waals surface area contributed by atoms with Crippen LogP contribution in [0.1, 0.15) is 19.8 Å². The van der Waals surface area contributed by atoms with Crippen molar-refractivity contribution >= 4 is 17.7 Å². The highest BCUT2D eigenvalue weighted by Gasteiger charge is 2.42. The smallest absolute Gasteiger partial charge is 0.293 e. The first kappa shape index (κ1) is 17.3. The molecule has 1 aliphatic carbocycles. The Morgan fingerprint density at radius 3 is 2.72 bits per heavy atom. The normalized spacial score (nSPS) is 25.9. The summed E-state index contributed by atoms with van der Waals surface area (Å²) in [6, 6.07) is 0.